The summed E-state index contributed by atoms with van der Waals surface area (Å²) in [6, 6.07) is 0. The Balaban J connectivity index is 2.67. The van der Waals surface area contributed by atoms with Crippen molar-refractivity contribution < 1.29 is 22.8 Å². The Morgan fingerprint density at radius 2 is 2.05 bits per heavy atom. The van der Waals surface area contributed by atoms with Crippen molar-refractivity contribution in [3.63, 3.8) is 0 Å². The predicted octanol–water partition coefficient (Wildman–Crippen LogP) is 0.887. The van der Waals surface area contributed by atoms with Crippen molar-refractivity contribution in [2.75, 3.05) is 19.6 Å². The highest BCUT2D eigenvalue weighted by molar-refractivity contribution is 5.89. The highest BCUT2D eigenvalue weighted by atomic mass is 19.4. The Kier molecular flexibility index (Phi) is 5.25. The van der Waals surface area contributed by atoms with E-state index >= 15 is 0 Å². The first-order valence-electron chi connectivity index (χ1n) is 6.85. The summed E-state index contributed by atoms with van der Waals surface area (Å²) in [4.78, 5) is 24.4. The third kappa shape index (κ3) is 4.59. The van der Waals surface area contributed by atoms with E-state index in [1.807, 2.05) is 13.8 Å². The molecule has 0 aromatic heterocycles. The molecule has 1 aliphatic rings. The molecule has 2 amide bonds. The van der Waals surface area contributed by atoms with Crippen molar-refractivity contribution in [3.05, 3.63) is 0 Å². The third-order valence-corrected chi connectivity index (χ3v) is 4.06. The van der Waals surface area contributed by atoms with E-state index in [2.05, 4.69) is 5.32 Å². The molecule has 21 heavy (non-hydrogen) atoms. The van der Waals surface area contributed by atoms with E-state index in [1.165, 1.54) is 0 Å². The van der Waals surface area contributed by atoms with Gasteiger partial charge in [-0.15, -0.1) is 0 Å². The predicted molar refractivity (Wildman–Crippen MR) is 71.2 cm³/mol. The van der Waals surface area contributed by atoms with Crippen molar-refractivity contribution >= 4 is 11.8 Å². The van der Waals surface area contributed by atoms with E-state index in [9.17, 15) is 22.8 Å². The quantitative estimate of drug-likeness (QED) is 0.792. The van der Waals surface area contributed by atoms with Gasteiger partial charge in [-0.1, -0.05) is 13.8 Å². The molecule has 0 spiro atoms. The van der Waals surface area contributed by atoms with Gasteiger partial charge in [0.05, 0.1) is 11.5 Å². The van der Waals surface area contributed by atoms with Gasteiger partial charge in [0.2, 0.25) is 11.8 Å². The molecule has 0 aliphatic carbocycles. The highest BCUT2D eigenvalue weighted by Crippen LogP contribution is 2.25. The molecule has 1 heterocycles. The summed E-state index contributed by atoms with van der Waals surface area (Å²) in [6.45, 7) is 4.26. The SMILES string of the molecule is CC(C)C(C)(CN)NC(=O)C1CC(=O)N(CC(F)(F)F)C1. The Labute approximate surface area is 122 Å². The van der Waals surface area contributed by atoms with Crippen LogP contribution in [-0.4, -0.2) is 48.1 Å². The van der Waals surface area contributed by atoms with Gasteiger partial charge in [0.1, 0.15) is 6.54 Å². The monoisotopic (exact) mass is 309 g/mol. The normalized spacial score (nSPS) is 22.6. The number of carbonyl (C=O) groups excluding carboxylic acids is 2. The summed E-state index contributed by atoms with van der Waals surface area (Å²) < 4.78 is 37.0. The minimum Gasteiger partial charge on any atom is -0.349 e. The van der Waals surface area contributed by atoms with Crippen molar-refractivity contribution in [3.8, 4) is 0 Å². The summed E-state index contributed by atoms with van der Waals surface area (Å²) in [7, 11) is 0. The van der Waals surface area contributed by atoms with Crippen LogP contribution in [0.2, 0.25) is 0 Å². The van der Waals surface area contributed by atoms with Crippen LogP contribution >= 0.6 is 0 Å². The Hall–Kier alpha value is -1.31. The van der Waals surface area contributed by atoms with E-state index in [0.29, 0.717) is 4.90 Å². The summed E-state index contributed by atoms with van der Waals surface area (Å²) in [6.07, 6.45) is -4.65. The first kappa shape index (κ1) is 17.7. The number of alkyl halides is 3. The van der Waals surface area contributed by atoms with Gasteiger partial charge in [0, 0.05) is 19.5 Å². The maximum absolute atomic E-state index is 12.3. The molecule has 2 atom stereocenters. The van der Waals surface area contributed by atoms with Gasteiger partial charge in [-0.2, -0.15) is 13.2 Å². The zero-order valence-corrected chi connectivity index (χ0v) is 12.5. The minimum atomic E-state index is -4.45. The summed E-state index contributed by atoms with van der Waals surface area (Å²) in [5, 5.41) is 2.76. The third-order valence-electron chi connectivity index (χ3n) is 4.06. The molecule has 5 nitrogen and oxygen atoms in total. The van der Waals surface area contributed by atoms with E-state index in [-0.39, 0.29) is 25.4 Å². The molecule has 1 aliphatic heterocycles. The molecule has 0 aromatic carbocycles. The molecule has 1 saturated heterocycles. The maximum atomic E-state index is 12.3. The maximum Gasteiger partial charge on any atom is 0.406 e. The van der Waals surface area contributed by atoms with Gasteiger partial charge in [0.25, 0.3) is 0 Å². The lowest BCUT2D eigenvalue weighted by molar-refractivity contribution is -0.157. The van der Waals surface area contributed by atoms with Gasteiger partial charge < -0.3 is 16.0 Å². The summed E-state index contributed by atoms with van der Waals surface area (Å²) >= 11 is 0. The number of nitrogens with zero attached hydrogens (tertiary/aromatic N) is 1. The van der Waals surface area contributed by atoms with Crippen LogP contribution in [0.4, 0.5) is 13.2 Å². The first-order chi connectivity index (χ1) is 9.48. The van der Waals surface area contributed by atoms with Crippen LogP contribution in [0.3, 0.4) is 0 Å². The number of hydrogen-bond donors (Lipinski definition) is 2. The van der Waals surface area contributed by atoms with E-state index < -0.39 is 36.0 Å². The lowest BCUT2D eigenvalue weighted by Gasteiger charge is -2.34. The van der Waals surface area contributed by atoms with Crippen LogP contribution in [0.1, 0.15) is 27.2 Å². The van der Waals surface area contributed by atoms with Crippen molar-refractivity contribution in [1.29, 1.82) is 0 Å². The van der Waals surface area contributed by atoms with E-state index in [0.717, 1.165) is 0 Å². The number of rotatable bonds is 5. The molecular formula is C13H22F3N3O2. The molecule has 2 unspecified atom stereocenters. The van der Waals surface area contributed by atoms with E-state index in [4.69, 9.17) is 5.73 Å². The smallest absolute Gasteiger partial charge is 0.349 e. The first-order valence-corrected chi connectivity index (χ1v) is 6.85. The molecule has 3 N–H and O–H groups in total. The standard InChI is InChI=1S/C13H22F3N3O2/c1-8(2)12(3,6-17)18-11(21)9-4-10(20)19(5-9)7-13(14,15)16/h8-9H,4-7,17H2,1-3H3,(H,18,21). The number of carbonyl (C=O) groups is 2. The van der Waals surface area contributed by atoms with Gasteiger partial charge >= 0.3 is 6.18 Å². The molecule has 8 heteroatoms. The molecule has 122 valence electrons. The second kappa shape index (κ2) is 6.21. The number of nitrogens with two attached hydrogens (primary N) is 1. The molecule has 0 saturated carbocycles. The van der Waals surface area contributed by atoms with Crippen LogP contribution in [0, 0.1) is 11.8 Å². The van der Waals surface area contributed by atoms with Crippen LogP contribution in [-0.2, 0) is 9.59 Å². The van der Waals surface area contributed by atoms with Crippen LogP contribution in [0.15, 0.2) is 0 Å². The van der Waals surface area contributed by atoms with Gasteiger partial charge in [-0.25, -0.2) is 0 Å². The number of nitrogens with one attached hydrogen (secondary N) is 1. The second-order valence-corrected chi connectivity index (χ2v) is 6.06. The fourth-order valence-electron chi connectivity index (χ4n) is 2.13. The van der Waals surface area contributed by atoms with E-state index in [1.54, 1.807) is 6.92 Å². The van der Waals surface area contributed by atoms with Gasteiger partial charge in [-0.3, -0.25) is 9.59 Å². The van der Waals surface area contributed by atoms with Crippen molar-refractivity contribution in [2.45, 2.75) is 38.9 Å². The highest BCUT2D eigenvalue weighted by Gasteiger charge is 2.42. The zero-order valence-electron chi connectivity index (χ0n) is 12.5. The molecular weight excluding hydrogens is 287 g/mol. The Bertz CT molecular complexity index is 412. The summed E-state index contributed by atoms with van der Waals surface area (Å²) in [5.74, 6) is -1.76. The zero-order chi connectivity index (χ0) is 16.4. The van der Waals surface area contributed by atoms with Crippen molar-refractivity contribution in [1.82, 2.24) is 10.2 Å². The average molecular weight is 309 g/mol. The molecule has 0 bridgehead atoms. The minimum absolute atomic E-state index is 0.0647. The number of halogens is 3. The number of hydrogen-bond acceptors (Lipinski definition) is 3. The van der Waals surface area contributed by atoms with Gasteiger partial charge in [0.15, 0.2) is 0 Å². The summed E-state index contributed by atoms with van der Waals surface area (Å²) in [5.41, 5.74) is 5.01. The lowest BCUT2D eigenvalue weighted by Crippen LogP contribution is -2.56. The fraction of sp³-hybridized carbons (Fsp3) is 0.846. The number of amides is 2. The molecule has 1 fully saturated rings. The van der Waals surface area contributed by atoms with Gasteiger partial charge in [-0.05, 0) is 12.8 Å². The second-order valence-electron chi connectivity index (χ2n) is 6.06. The molecule has 1 rings (SSSR count). The van der Waals surface area contributed by atoms with Crippen LogP contribution < -0.4 is 11.1 Å². The molecule has 0 aromatic rings. The Morgan fingerprint density at radius 3 is 2.48 bits per heavy atom. The van der Waals surface area contributed by atoms with Crippen molar-refractivity contribution in [2.24, 2.45) is 17.6 Å². The van der Waals surface area contributed by atoms with Crippen LogP contribution in [0.25, 0.3) is 0 Å². The topological polar surface area (TPSA) is 75.4 Å². The number of likely N-dealkylation sites (tertiary alicyclic amines) is 1. The average Bonchev–Trinajstić information content (AvgIpc) is 2.68. The van der Waals surface area contributed by atoms with Crippen LogP contribution in [0.5, 0.6) is 0 Å². The largest absolute Gasteiger partial charge is 0.406 e. The molecule has 0 radical (unpaired) electrons. The lowest BCUT2D eigenvalue weighted by atomic mass is 9.87. The Morgan fingerprint density at radius 1 is 1.48 bits per heavy atom. The fourth-order valence-corrected chi connectivity index (χ4v) is 2.13.